The molecule has 1 unspecified atom stereocenters. The third-order valence-electron chi connectivity index (χ3n) is 4.14. The minimum atomic E-state index is -1.00. The first-order valence-electron chi connectivity index (χ1n) is 7.85. The quantitative estimate of drug-likeness (QED) is 0.861. The lowest BCUT2D eigenvalue weighted by molar-refractivity contribution is 0.0697. The number of halogens is 1. The van der Waals surface area contributed by atoms with E-state index in [1.165, 1.54) is 12.1 Å². The monoisotopic (exact) mass is 350 g/mol. The van der Waals surface area contributed by atoms with E-state index in [0.29, 0.717) is 23.4 Å². The van der Waals surface area contributed by atoms with Crippen LogP contribution in [0.25, 0.3) is 0 Å². The lowest BCUT2D eigenvalue weighted by Gasteiger charge is -2.32. The molecule has 2 aromatic rings. The van der Waals surface area contributed by atoms with Crippen molar-refractivity contribution in [3.63, 3.8) is 0 Å². The summed E-state index contributed by atoms with van der Waals surface area (Å²) in [5.41, 5.74) is 0.152. The summed E-state index contributed by atoms with van der Waals surface area (Å²) in [5, 5.41) is 13.5. The Bertz CT molecular complexity index is 693. The molecule has 1 atom stereocenters. The number of nitrogens with zero attached hydrogens (tertiary/aromatic N) is 4. The minimum Gasteiger partial charge on any atom is -0.491 e. The number of ether oxygens (including phenoxy) is 1. The van der Waals surface area contributed by atoms with E-state index in [0.717, 1.165) is 32.5 Å². The smallest absolute Gasteiger partial charge is 0.335 e. The molecule has 1 aromatic heterocycles. The molecule has 1 fully saturated rings. The first-order valence-corrected chi connectivity index (χ1v) is 8.23. The van der Waals surface area contributed by atoms with E-state index in [9.17, 15) is 4.79 Å². The fourth-order valence-corrected chi connectivity index (χ4v) is 3.13. The predicted molar refractivity (Wildman–Crippen MR) is 88.6 cm³/mol. The summed E-state index contributed by atoms with van der Waals surface area (Å²) in [4.78, 5) is 17.2. The summed E-state index contributed by atoms with van der Waals surface area (Å²) < 4.78 is 7.61. The van der Waals surface area contributed by atoms with Crippen LogP contribution in [0.5, 0.6) is 5.75 Å². The zero-order valence-electron chi connectivity index (χ0n) is 13.1. The van der Waals surface area contributed by atoms with Gasteiger partial charge in [0, 0.05) is 13.1 Å². The average Bonchev–Trinajstić information content (AvgIpc) is 3.11. The van der Waals surface area contributed by atoms with Crippen molar-refractivity contribution in [2.45, 2.75) is 18.9 Å². The highest BCUT2D eigenvalue weighted by atomic mass is 35.5. The molecular formula is C16H19ClN4O3. The second-order valence-electron chi connectivity index (χ2n) is 5.77. The summed E-state index contributed by atoms with van der Waals surface area (Å²) in [6, 6.07) is 4.84. The van der Waals surface area contributed by atoms with Crippen LogP contribution in [0.2, 0.25) is 5.02 Å². The standard InChI is InChI=1S/C16H19ClN4O3/c17-14-8-12(16(22)23)3-4-15(14)24-7-6-20-5-1-2-13(9-20)21-11-18-10-19-21/h3-4,8,10-11,13H,1-2,5-7,9H2,(H,22,23). The third-order valence-corrected chi connectivity index (χ3v) is 4.43. The van der Waals surface area contributed by atoms with Crippen LogP contribution in [0.1, 0.15) is 29.2 Å². The molecular weight excluding hydrogens is 332 g/mol. The van der Waals surface area contributed by atoms with Gasteiger partial charge in [-0.15, -0.1) is 0 Å². The number of aromatic carboxylic acids is 1. The number of likely N-dealkylation sites (tertiary alicyclic amines) is 1. The first-order chi connectivity index (χ1) is 11.6. The Kier molecular flexibility index (Phi) is 5.32. The van der Waals surface area contributed by atoms with E-state index in [2.05, 4.69) is 15.0 Å². The van der Waals surface area contributed by atoms with Crippen molar-refractivity contribution in [1.82, 2.24) is 19.7 Å². The van der Waals surface area contributed by atoms with Crippen molar-refractivity contribution >= 4 is 17.6 Å². The average molecular weight is 351 g/mol. The fraction of sp³-hybridized carbons (Fsp3) is 0.438. The van der Waals surface area contributed by atoms with E-state index in [1.807, 2.05) is 4.68 Å². The maximum Gasteiger partial charge on any atom is 0.335 e. The molecule has 1 saturated heterocycles. The number of piperidine rings is 1. The molecule has 2 heterocycles. The maximum absolute atomic E-state index is 10.9. The Morgan fingerprint density at radius 2 is 2.33 bits per heavy atom. The molecule has 1 aromatic carbocycles. The first kappa shape index (κ1) is 16.7. The SMILES string of the molecule is O=C(O)c1ccc(OCCN2CCCC(n3cncn3)C2)c(Cl)c1. The topological polar surface area (TPSA) is 80.5 Å². The zero-order chi connectivity index (χ0) is 16.9. The molecule has 0 amide bonds. The van der Waals surface area contributed by atoms with Gasteiger partial charge < -0.3 is 9.84 Å². The Morgan fingerprint density at radius 3 is 3.04 bits per heavy atom. The number of hydrogen-bond donors (Lipinski definition) is 1. The van der Waals surface area contributed by atoms with Crippen LogP contribution >= 0.6 is 11.6 Å². The Balaban J connectivity index is 1.50. The molecule has 1 N–H and O–H groups in total. The highest BCUT2D eigenvalue weighted by Crippen LogP contribution is 2.26. The van der Waals surface area contributed by atoms with Crippen LogP contribution in [0.3, 0.4) is 0 Å². The molecule has 0 aliphatic carbocycles. The number of carboxylic acid groups (broad SMARTS) is 1. The maximum atomic E-state index is 10.9. The molecule has 0 spiro atoms. The van der Waals surface area contributed by atoms with Gasteiger partial charge >= 0.3 is 5.97 Å². The highest BCUT2D eigenvalue weighted by Gasteiger charge is 2.21. The summed E-state index contributed by atoms with van der Waals surface area (Å²) >= 11 is 6.07. The lowest BCUT2D eigenvalue weighted by Crippen LogP contribution is -2.39. The number of carboxylic acids is 1. The lowest BCUT2D eigenvalue weighted by atomic mass is 10.1. The van der Waals surface area contributed by atoms with Gasteiger partial charge in [0.25, 0.3) is 0 Å². The Morgan fingerprint density at radius 1 is 1.46 bits per heavy atom. The number of benzene rings is 1. The Labute approximate surface area is 144 Å². The molecule has 24 heavy (non-hydrogen) atoms. The van der Waals surface area contributed by atoms with Gasteiger partial charge in [-0.3, -0.25) is 4.90 Å². The molecule has 3 rings (SSSR count). The predicted octanol–water partition coefficient (Wildman–Crippen LogP) is 2.35. The summed E-state index contributed by atoms with van der Waals surface area (Å²) in [7, 11) is 0. The third kappa shape index (κ3) is 4.04. The van der Waals surface area contributed by atoms with Gasteiger partial charge in [-0.2, -0.15) is 5.10 Å². The van der Waals surface area contributed by atoms with Crippen LogP contribution in [-0.2, 0) is 0 Å². The summed E-state index contributed by atoms with van der Waals surface area (Å²) in [5.74, 6) is -0.498. The molecule has 1 aliphatic heterocycles. The summed E-state index contributed by atoms with van der Waals surface area (Å²) in [6.45, 7) is 3.22. The van der Waals surface area contributed by atoms with Gasteiger partial charge in [-0.05, 0) is 37.6 Å². The van der Waals surface area contributed by atoms with Crippen LogP contribution in [0, 0.1) is 0 Å². The molecule has 0 bridgehead atoms. The van der Waals surface area contributed by atoms with Crippen molar-refractivity contribution < 1.29 is 14.6 Å². The van der Waals surface area contributed by atoms with Crippen LogP contribution < -0.4 is 4.74 Å². The van der Waals surface area contributed by atoms with Crippen molar-refractivity contribution in [3.05, 3.63) is 41.4 Å². The van der Waals surface area contributed by atoms with Gasteiger partial charge in [0.1, 0.15) is 25.0 Å². The van der Waals surface area contributed by atoms with E-state index in [4.69, 9.17) is 21.4 Å². The normalized spacial score (nSPS) is 18.5. The van der Waals surface area contributed by atoms with E-state index in [1.54, 1.807) is 18.7 Å². The van der Waals surface area contributed by atoms with Crippen molar-refractivity contribution in [1.29, 1.82) is 0 Å². The van der Waals surface area contributed by atoms with Gasteiger partial charge in [0.05, 0.1) is 16.6 Å². The minimum absolute atomic E-state index is 0.152. The second kappa shape index (κ2) is 7.63. The molecule has 8 heteroatoms. The van der Waals surface area contributed by atoms with E-state index in [-0.39, 0.29) is 5.56 Å². The van der Waals surface area contributed by atoms with Gasteiger partial charge in [-0.25, -0.2) is 14.5 Å². The highest BCUT2D eigenvalue weighted by molar-refractivity contribution is 6.32. The van der Waals surface area contributed by atoms with Crippen molar-refractivity contribution in [2.24, 2.45) is 0 Å². The zero-order valence-corrected chi connectivity index (χ0v) is 13.9. The van der Waals surface area contributed by atoms with E-state index < -0.39 is 5.97 Å². The summed E-state index contributed by atoms with van der Waals surface area (Å²) in [6.07, 6.45) is 5.53. The number of hydrogen-bond acceptors (Lipinski definition) is 5. The van der Waals surface area contributed by atoms with Crippen LogP contribution in [-0.4, -0.2) is 57.0 Å². The van der Waals surface area contributed by atoms with Crippen molar-refractivity contribution in [2.75, 3.05) is 26.2 Å². The Hall–Kier alpha value is -2.12. The van der Waals surface area contributed by atoms with Crippen LogP contribution in [0.15, 0.2) is 30.9 Å². The van der Waals surface area contributed by atoms with Crippen molar-refractivity contribution in [3.8, 4) is 5.75 Å². The van der Waals surface area contributed by atoms with E-state index >= 15 is 0 Å². The van der Waals surface area contributed by atoms with Gasteiger partial charge in [-0.1, -0.05) is 11.6 Å². The number of aromatic nitrogens is 3. The molecule has 1 aliphatic rings. The second-order valence-corrected chi connectivity index (χ2v) is 6.18. The molecule has 0 saturated carbocycles. The number of carbonyl (C=O) groups is 1. The van der Waals surface area contributed by atoms with Crippen LogP contribution in [0.4, 0.5) is 0 Å². The largest absolute Gasteiger partial charge is 0.491 e. The van der Waals surface area contributed by atoms with Gasteiger partial charge in [0.2, 0.25) is 0 Å². The molecule has 7 nitrogen and oxygen atoms in total. The molecule has 0 radical (unpaired) electrons. The molecule has 128 valence electrons. The number of rotatable bonds is 6. The fourth-order valence-electron chi connectivity index (χ4n) is 2.89. The van der Waals surface area contributed by atoms with Gasteiger partial charge in [0.15, 0.2) is 0 Å².